The van der Waals surface area contributed by atoms with Crippen LogP contribution in [0.4, 0.5) is 0 Å². The molecule has 10 aromatic rings. The van der Waals surface area contributed by atoms with E-state index in [0.29, 0.717) is 0 Å². The second-order valence-corrected chi connectivity index (χ2v) is 12.6. The normalized spacial score (nSPS) is 11.7. The van der Waals surface area contributed by atoms with Crippen LogP contribution in [0, 0.1) is 0 Å². The minimum atomic E-state index is 0.721. The molecule has 0 saturated carbocycles. The molecule has 0 unspecified atom stereocenters. The average molecular weight is 624 g/mol. The first-order chi connectivity index (χ1) is 24.3. The average Bonchev–Trinajstić information content (AvgIpc) is 3.53. The number of rotatable bonds is 4. The van der Waals surface area contributed by atoms with E-state index in [1.54, 1.807) is 0 Å². The minimum absolute atomic E-state index is 0.721. The van der Waals surface area contributed by atoms with Gasteiger partial charge in [-0.25, -0.2) is 9.97 Å². The van der Waals surface area contributed by atoms with E-state index in [1.165, 1.54) is 54.1 Å². The predicted octanol–water partition coefficient (Wildman–Crippen LogP) is 12.0. The van der Waals surface area contributed by atoms with Crippen LogP contribution in [-0.4, -0.2) is 14.5 Å². The Hall–Kier alpha value is -6.58. The lowest BCUT2D eigenvalue weighted by Gasteiger charge is -2.12. The monoisotopic (exact) mass is 623 g/mol. The lowest BCUT2D eigenvalue weighted by molar-refractivity contribution is 1.18. The van der Waals surface area contributed by atoms with Crippen LogP contribution in [0.2, 0.25) is 0 Å². The number of aromatic nitrogens is 3. The number of hydrogen-bond acceptors (Lipinski definition) is 2. The highest BCUT2D eigenvalue weighted by molar-refractivity contribution is 6.28. The van der Waals surface area contributed by atoms with Crippen molar-refractivity contribution in [2.24, 2.45) is 0 Å². The molecular weight excluding hydrogens is 595 g/mol. The first-order valence-electron chi connectivity index (χ1n) is 16.7. The van der Waals surface area contributed by atoms with Gasteiger partial charge in [-0.2, -0.15) is 0 Å². The summed E-state index contributed by atoms with van der Waals surface area (Å²) in [6, 6.07) is 62.6. The van der Waals surface area contributed by atoms with Crippen LogP contribution in [-0.2, 0) is 0 Å². The van der Waals surface area contributed by atoms with Crippen molar-refractivity contribution in [3.05, 3.63) is 176 Å². The summed E-state index contributed by atoms with van der Waals surface area (Å²) in [7, 11) is 0. The van der Waals surface area contributed by atoms with Crippen molar-refractivity contribution in [2.45, 2.75) is 0 Å². The highest BCUT2D eigenvalue weighted by Crippen LogP contribution is 2.41. The van der Waals surface area contributed by atoms with Crippen LogP contribution in [0.15, 0.2) is 176 Å². The SMILES string of the molecule is c1ccc(-c2cc(-c3ccc4cc(-n5c6ccc7ccccc7c6c6c7ccccc7ccc65)ccc4c3)nc(-c3ccccc3)n2)cc1. The van der Waals surface area contributed by atoms with Crippen LogP contribution in [0.1, 0.15) is 0 Å². The van der Waals surface area contributed by atoms with Gasteiger partial charge in [0.2, 0.25) is 0 Å². The molecule has 0 atom stereocenters. The Labute approximate surface area is 283 Å². The molecule has 49 heavy (non-hydrogen) atoms. The van der Waals surface area contributed by atoms with Gasteiger partial charge in [0.25, 0.3) is 0 Å². The molecule has 2 heterocycles. The van der Waals surface area contributed by atoms with Crippen LogP contribution < -0.4 is 0 Å². The van der Waals surface area contributed by atoms with Crippen molar-refractivity contribution in [1.29, 1.82) is 0 Å². The molecule has 3 heteroatoms. The van der Waals surface area contributed by atoms with Gasteiger partial charge in [0.15, 0.2) is 5.82 Å². The van der Waals surface area contributed by atoms with Gasteiger partial charge in [-0.15, -0.1) is 0 Å². The Bertz CT molecular complexity index is 2720. The van der Waals surface area contributed by atoms with Gasteiger partial charge in [0.1, 0.15) is 0 Å². The maximum atomic E-state index is 5.07. The van der Waals surface area contributed by atoms with Gasteiger partial charge in [-0.1, -0.05) is 140 Å². The summed E-state index contributed by atoms with van der Waals surface area (Å²) in [5, 5.41) is 10.0. The summed E-state index contributed by atoms with van der Waals surface area (Å²) in [6.07, 6.45) is 0. The van der Waals surface area contributed by atoms with Crippen LogP contribution in [0.25, 0.3) is 93.7 Å². The quantitative estimate of drug-likeness (QED) is 0.195. The zero-order chi connectivity index (χ0) is 32.3. The molecule has 0 saturated heterocycles. The Morgan fingerprint density at radius 3 is 1.51 bits per heavy atom. The summed E-state index contributed by atoms with van der Waals surface area (Å²) in [5.74, 6) is 0.721. The molecule has 0 amide bonds. The zero-order valence-corrected chi connectivity index (χ0v) is 26.6. The summed E-state index contributed by atoms with van der Waals surface area (Å²) in [5.41, 5.74) is 8.51. The summed E-state index contributed by atoms with van der Waals surface area (Å²) in [4.78, 5) is 10.0. The van der Waals surface area contributed by atoms with Crippen molar-refractivity contribution < 1.29 is 0 Å². The fourth-order valence-corrected chi connectivity index (χ4v) is 7.43. The van der Waals surface area contributed by atoms with E-state index < -0.39 is 0 Å². The van der Waals surface area contributed by atoms with E-state index >= 15 is 0 Å². The lowest BCUT2D eigenvalue weighted by atomic mass is 10.00. The molecule has 2 aromatic heterocycles. The smallest absolute Gasteiger partial charge is 0.160 e. The molecule has 228 valence electrons. The van der Waals surface area contributed by atoms with Gasteiger partial charge in [0, 0.05) is 33.2 Å². The van der Waals surface area contributed by atoms with Crippen molar-refractivity contribution in [2.75, 3.05) is 0 Å². The fraction of sp³-hybridized carbons (Fsp3) is 0. The Morgan fingerprint density at radius 2 is 0.857 bits per heavy atom. The topological polar surface area (TPSA) is 30.7 Å². The fourth-order valence-electron chi connectivity index (χ4n) is 7.43. The number of hydrogen-bond donors (Lipinski definition) is 0. The van der Waals surface area contributed by atoms with E-state index in [4.69, 9.17) is 9.97 Å². The Kier molecular flexibility index (Phi) is 6.18. The molecule has 0 aliphatic heterocycles. The molecular formula is C46H29N3. The largest absolute Gasteiger partial charge is 0.309 e. The van der Waals surface area contributed by atoms with Crippen molar-refractivity contribution in [3.8, 4) is 39.6 Å². The molecule has 0 bridgehead atoms. The molecule has 0 aliphatic rings. The third-order valence-electron chi connectivity index (χ3n) is 9.75. The van der Waals surface area contributed by atoms with E-state index in [9.17, 15) is 0 Å². The number of nitrogens with zero attached hydrogens (tertiary/aromatic N) is 3. The first-order valence-corrected chi connectivity index (χ1v) is 16.7. The van der Waals surface area contributed by atoms with E-state index in [-0.39, 0.29) is 0 Å². The molecule has 0 spiro atoms. The summed E-state index contributed by atoms with van der Waals surface area (Å²) < 4.78 is 2.43. The summed E-state index contributed by atoms with van der Waals surface area (Å²) in [6.45, 7) is 0. The minimum Gasteiger partial charge on any atom is -0.309 e. The predicted molar refractivity (Wildman–Crippen MR) is 205 cm³/mol. The van der Waals surface area contributed by atoms with Gasteiger partial charge >= 0.3 is 0 Å². The maximum Gasteiger partial charge on any atom is 0.160 e. The van der Waals surface area contributed by atoms with Crippen molar-refractivity contribution in [1.82, 2.24) is 14.5 Å². The highest BCUT2D eigenvalue weighted by Gasteiger charge is 2.18. The number of benzene rings is 8. The number of fused-ring (bicyclic) bond motifs is 8. The first kappa shape index (κ1) is 27.5. The molecule has 0 fully saturated rings. The molecule has 0 radical (unpaired) electrons. The van der Waals surface area contributed by atoms with Crippen LogP contribution >= 0.6 is 0 Å². The lowest BCUT2D eigenvalue weighted by Crippen LogP contribution is -1.96. The molecule has 8 aromatic carbocycles. The van der Waals surface area contributed by atoms with Crippen molar-refractivity contribution in [3.63, 3.8) is 0 Å². The van der Waals surface area contributed by atoms with Gasteiger partial charge in [0.05, 0.1) is 22.4 Å². The van der Waals surface area contributed by atoms with Gasteiger partial charge < -0.3 is 4.57 Å². The van der Waals surface area contributed by atoms with Gasteiger partial charge in [-0.3, -0.25) is 0 Å². The maximum absolute atomic E-state index is 5.07. The molecule has 0 N–H and O–H groups in total. The van der Waals surface area contributed by atoms with Gasteiger partial charge in [-0.05, 0) is 68.7 Å². The van der Waals surface area contributed by atoms with Crippen molar-refractivity contribution >= 4 is 54.1 Å². The van der Waals surface area contributed by atoms with E-state index in [0.717, 1.165) is 39.6 Å². The Balaban J connectivity index is 1.15. The standard InChI is InChI=1S/C46H29N3/c1-3-13-32(14-4-1)40-29-41(48-46(47-40)33-15-5-2-6-16-33)36-20-19-35-28-37(24-21-34(35)27-36)49-42-25-22-30-11-7-9-17-38(30)44(42)45-39-18-10-8-12-31(39)23-26-43(45)49/h1-29H. The van der Waals surface area contributed by atoms with E-state index in [2.05, 4.69) is 156 Å². The second kappa shape index (κ2) is 11.0. The summed E-state index contributed by atoms with van der Waals surface area (Å²) >= 11 is 0. The van der Waals surface area contributed by atoms with Crippen LogP contribution in [0.5, 0.6) is 0 Å². The van der Waals surface area contributed by atoms with E-state index in [1.807, 2.05) is 24.3 Å². The third kappa shape index (κ3) is 4.51. The highest BCUT2D eigenvalue weighted by atomic mass is 15.0. The third-order valence-corrected chi connectivity index (χ3v) is 9.75. The molecule has 10 rings (SSSR count). The zero-order valence-electron chi connectivity index (χ0n) is 26.6. The molecule has 3 nitrogen and oxygen atoms in total. The molecule has 0 aliphatic carbocycles. The van der Waals surface area contributed by atoms with Crippen LogP contribution in [0.3, 0.4) is 0 Å². The Morgan fingerprint density at radius 1 is 0.347 bits per heavy atom. The second-order valence-electron chi connectivity index (χ2n) is 12.6.